The zero-order chi connectivity index (χ0) is 28.4. The molecule has 0 bridgehead atoms. The third-order valence-electron chi connectivity index (χ3n) is 6.21. The number of aliphatic hydroxyl groups is 1. The van der Waals surface area contributed by atoms with Crippen molar-refractivity contribution in [1.82, 2.24) is 15.5 Å². The fraction of sp³-hybridized carbons (Fsp3) is 0.542. The number of amides is 3. The normalized spacial score (nSPS) is 18.1. The number of benzene rings is 1. The van der Waals surface area contributed by atoms with Crippen molar-refractivity contribution < 1.29 is 34.5 Å². The van der Waals surface area contributed by atoms with Crippen molar-refractivity contribution >= 4 is 29.7 Å². The molecule has 1 aliphatic rings. The van der Waals surface area contributed by atoms with Crippen molar-refractivity contribution in [2.75, 3.05) is 13.1 Å². The number of hydrogen-bond acceptors (Lipinski definition) is 8. The van der Waals surface area contributed by atoms with Crippen LogP contribution in [-0.4, -0.2) is 93.2 Å². The van der Waals surface area contributed by atoms with Crippen molar-refractivity contribution in [2.45, 2.75) is 69.3 Å². The molecule has 1 saturated heterocycles. The maximum atomic E-state index is 13.5. The number of likely N-dealkylation sites (tertiary alicyclic amines) is 1. The fourth-order valence-electron chi connectivity index (χ4n) is 4.09. The lowest BCUT2D eigenvalue weighted by Crippen LogP contribution is -2.58. The van der Waals surface area contributed by atoms with Gasteiger partial charge in [0.25, 0.3) is 0 Å². The summed E-state index contributed by atoms with van der Waals surface area (Å²) in [7, 11) is 0. The first-order valence-corrected chi connectivity index (χ1v) is 12.3. The zero-order valence-corrected chi connectivity index (χ0v) is 21.2. The molecular formula is C24H37N7O7. The second-order valence-corrected chi connectivity index (χ2v) is 9.24. The van der Waals surface area contributed by atoms with Crippen LogP contribution in [0.5, 0.6) is 5.75 Å². The Hall–Kier alpha value is -3.91. The van der Waals surface area contributed by atoms with E-state index in [0.717, 1.165) is 0 Å². The molecule has 14 heteroatoms. The number of phenols is 1. The Balaban J connectivity index is 2.28. The van der Waals surface area contributed by atoms with Gasteiger partial charge in [0.05, 0.1) is 6.10 Å². The highest BCUT2D eigenvalue weighted by molar-refractivity contribution is 5.94. The zero-order valence-electron chi connectivity index (χ0n) is 21.2. The van der Waals surface area contributed by atoms with Crippen LogP contribution >= 0.6 is 0 Å². The number of aliphatic imine (C=N–C) groups is 1. The van der Waals surface area contributed by atoms with Gasteiger partial charge in [-0.3, -0.25) is 19.4 Å². The summed E-state index contributed by atoms with van der Waals surface area (Å²) in [6, 6.07) is 1.41. The smallest absolute Gasteiger partial charge is 0.326 e. The molecule has 0 radical (unpaired) electrons. The number of rotatable bonds is 13. The van der Waals surface area contributed by atoms with Crippen molar-refractivity contribution in [3.05, 3.63) is 29.8 Å². The largest absolute Gasteiger partial charge is 0.508 e. The minimum absolute atomic E-state index is 0.00947. The molecule has 1 aromatic rings. The lowest BCUT2D eigenvalue weighted by atomic mass is 10.0. The number of aliphatic hydroxyl groups excluding tert-OH is 1. The van der Waals surface area contributed by atoms with Crippen LogP contribution in [0.3, 0.4) is 0 Å². The van der Waals surface area contributed by atoms with E-state index in [-0.39, 0.29) is 37.6 Å². The van der Waals surface area contributed by atoms with Gasteiger partial charge in [-0.15, -0.1) is 0 Å². The maximum absolute atomic E-state index is 13.5. The number of carbonyl (C=O) groups excluding carboxylic acids is 3. The topological polar surface area (TPSA) is 247 Å². The molecule has 11 N–H and O–H groups in total. The summed E-state index contributed by atoms with van der Waals surface area (Å²) in [6.45, 7) is 1.73. The lowest BCUT2D eigenvalue weighted by Gasteiger charge is -2.29. The monoisotopic (exact) mass is 535 g/mol. The van der Waals surface area contributed by atoms with Gasteiger partial charge < -0.3 is 48.1 Å². The molecule has 2 rings (SSSR count). The summed E-state index contributed by atoms with van der Waals surface area (Å²) in [5, 5.41) is 33.9. The predicted molar refractivity (Wildman–Crippen MR) is 138 cm³/mol. The van der Waals surface area contributed by atoms with Crippen LogP contribution in [0, 0.1) is 0 Å². The van der Waals surface area contributed by atoms with Crippen LogP contribution in [0.2, 0.25) is 0 Å². The van der Waals surface area contributed by atoms with E-state index in [2.05, 4.69) is 15.6 Å². The van der Waals surface area contributed by atoms with Gasteiger partial charge in [-0.1, -0.05) is 12.1 Å². The summed E-state index contributed by atoms with van der Waals surface area (Å²) in [4.78, 5) is 56.1. The Labute approximate surface area is 220 Å². The van der Waals surface area contributed by atoms with E-state index in [1.165, 1.54) is 24.0 Å². The molecule has 38 heavy (non-hydrogen) atoms. The predicted octanol–water partition coefficient (Wildman–Crippen LogP) is -2.26. The van der Waals surface area contributed by atoms with Gasteiger partial charge >= 0.3 is 5.97 Å². The molecule has 0 spiro atoms. The van der Waals surface area contributed by atoms with E-state index in [4.69, 9.17) is 17.2 Å². The van der Waals surface area contributed by atoms with Crippen LogP contribution in [0.1, 0.15) is 38.2 Å². The van der Waals surface area contributed by atoms with Crippen molar-refractivity contribution in [3.8, 4) is 5.75 Å². The number of hydrogen-bond donors (Lipinski definition) is 8. The summed E-state index contributed by atoms with van der Waals surface area (Å²) in [6.07, 6.45) is 0.0136. The van der Waals surface area contributed by atoms with Crippen molar-refractivity contribution in [3.63, 3.8) is 0 Å². The minimum Gasteiger partial charge on any atom is -0.508 e. The first-order valence-electron chi connectivity index (χ1n) is 12.3. The molecule has 5 unspecified atom stereocenters. The molecule has 1 aliphatic heterocycles. The summed E-state index contributed by atoms with van der Waals surface area (Å²) < 4.78 is 0. The number of aliphatic carboxylic acids is 1. The molecular weight excluding hydrogens is 498 g/mol. The average Bonchev–Trinajstić information content (AvgIpc) is 3.35. The minimum atomic E-state index is -1.29. The van der Waals surface area contributed by atoms with E-state index in [0.29, 0.717) is 24.8 Å². The highest BCUT2D eigenvalue weighted by atomic mass is 16.4. The lowest BCUT2D eigenvalue weighted by molar-refractivity contribution is -0.149. The SMILES string of the molecule is CC(O)C(N)C(=O)NC(CCCN=C(N)N)C(=O)NC(Cc1ccc(O)cc1)C(=O)N1CCCC1C(=O)O. The second-order valence-electron chi connectivity index (χ2n) is 9.24. The summed E-state index contributed by atoms with van der Waals surface area (Å²) >= 11 is 0. The van der Waals surface area contributed by atoms with E-state index < -0.39 is 54.0 Å². The number of nitrogens with one attached hydrogen (secondary N) is 2. The van der Waals surface area contributed by atoms with Gasteiger partial charge in [-0.05, 0) is 50.3 Å². The van der Waals surface area contributed by atoms with Crippen LogP contribution in [0.4, 0.5) is 0 Å². The quantitative estimate of drug-likeness (QED) is 0.0765. The third kappa shape index (κ3) is 8.88. The molecule has 1 fully saturated rings. The molecule has 1 heterocycles. The number of carbonyl (C=O) groups is 4. The summed E-state index contributed by atoms with van der Waals surface area (Å²) in [5.41, 5.74) is 17.0. The molecule has 0 saturated carbocycles. The molecule has 210 valence electrons. The number of carboxylic acids is 1. The number of nitrogens with two attached hydrogens (primary N) is 3. The highest BCUT2D eigenvalue weighted by Crippen LogP contribution is 2.20. The van der Waals surface area contributed by atoms with E-state index in [9.17, 15) is 34.5 Å². The molecule has 3 amide bonds. The number of guanidine groups is 1. The van der Waals surface area contributed by atoms with E-state index in [1.54, 1.807) is 12.1 Å². The number of carboxylic acid groups (broad SMARTS) is 1. The second kappa shape index (κ2) is 14.1. The Kier molecular flexibility index (Phi) is 11.3. The number of aromatic hydroxyl groups is 1. The first kappa shape index (κ1) is 30.3. The Morgan fingerprint density at radius 3 is 2.32 bits per heavy atom. The molecule has 5 atom stereocenters. The Morgan fingerprint density at radius 1 is 1.11 bits per heavy atom. The first-order chi connectivity index (χ1) is 17.9. The molecule has 0 aromatic heterocycles. The van der Waals surface area contributed by atoms with Gasteiger partial charge in [-0.25, -0.2) is 4.79 Å². The van der Waals surface area contributed by atoms with Crippen molar-refractivity contribution in [2.24, 2.45) is 22.2 Å². The molecule has 1 aromatic carbocycles. The van der Waals surface area contributed by atoms with Gasteiger partial charge in [-0.2, -0.15) is 0 Å². The van der Waals surface area contributed by atoms with Gasteiger partial charge in [0.2, 0.25) is 17.7 Å². The van der Waals surface area contributed by atoms with Gasteiger partial charge in [0, 0.05) is 19.5 Å². The number of phenolic OH excluding ortho intramolecular Hbond substituents is 1. The maximum Gasteiger partial charge on any atom is 0.326 e. The Bertz CT molecular complexity index is 1010. The average molecular weight is 536 g/mol. The van der Waals surface area contributed by atoms with E-state index in [1.807, 2.05) is 0 Å². The standard InChI is InChI=1S/C24H37N7O7/c1-13(32)19(25)21(35)29-16(4-2-10-28-24(26)27)20(34)30-17(12-14-6-8-15(33)9-7-14)22(36)31-11-3-5-18(31)23(37)38/h6-9,13,16-19,32-33H,2-5,10-12,25H2,1H3,(H,29,35)(H,30,34)(H,37,38)(H4,26,27,28). The van der Waals surface area contributed by atoms with Gasteiger partial charge in [0.15, 0.2) is 5.96 Å². The summed E-state index contributed by atoms with van der Waals surface area (Å²) in [5.74, 6) is -3.31. The van der Waals surface area contributed by atoms with Crippen LogP contribution in [0.25, 0.3) is 0 Å². The molecule has 0 aliphatic carbocycles. The fourth-order valence-corrected chi connectivity index (χ4v) is 4.09. The third-order valence-corrected chi connectivity index (χ3v) is 6.21. The van der Waals surface area contributed by atoms with Crippen molar-refractivity contribution in [1.29, 1.82) is 0 Å². The van der Waals surface area contributed by atoms with Crippen LogP contribution in [0.15, 0.2) is 29.3 Å². The number of nitrogens with zero attached hydrogens (tertiary/aromatic N) is 2. The highest BCUT2D eigenvalue weighted by Gasteiger charge is 2.38. The van der Waals surface area contributed by atoms with Crippen LogP contribution < -0.4 is 27.8 Å². The Morgan fingerprint density at radius 2 is 1.74 bits per heavy atom. The van der Waals surface area contributed by atoms with Crippen LogP contribution in [-0.2, 0) is 25.6 Å². The van der Waals surface area contributed by atoms with E-state index >= 15 is 0 Å². The molecule has 14 nitrogen and oxygen atoms in total. The van der Waals surface area contributed by atoms with Gasteiger partial charge in [0.1, 0.15) is 29.9 Å².